The van der Waals surface area contributed by atoms with Crippen molar-refractivity contribution in [2.24, 2.45) is 35.5 Å². The Bertz CT molecular complexity index is 508. The quantitative estimate of drug-likeness (QED) is 0.718. The third-order valence-corrected chi connectivity index (χ3v) is 8.64. The zero-order chi connectivity index (χ0) is 12.1. The summed E-state index contributed by atoms with van der Waals surface area (Å²) in [5, 5.41) is 3.26. The van der Waals surface area contributed by atoms with Crippen LogP contribution in [-0.4, -0.2) is 34.8 Å². The van der Waals surface area contributed by atoms with E-state index < -0.39 is 0 Å². The maximum atomic E-state index is 11.4. The summed E-state index contributed by atoms with van der Waals surface area (Å²) < 4.78 is 12.2. The predicted octanol–water partition coefficient (Wildman–Crippen LogP) is 0.503. The average Bonchev–Trinajstić information content (AvgIpc) is 2.86. The maximum absolute atomic E-state index is 11.4. The van der Waals surface area contributed by atoms with Gasteiger partial charge in [-0.15, -0.1) is 0 Å². The van der Waals surface area contributed by atoms with Crippen molar-refractivity contribution in [2.45, 2.75) is 22.6 Å². The molecular weight excluding hydrogens is 298 g/mol. The first-order chi connectivity index (χ1) is 8.61. The van der Waals surface area contributed by atoms with E-state index in [1.807, 2.05) is 0 Å². The van der Waals surface area contributed by atoms with Crippen LogP contribution in [0.1, 0.15) is 6.92 Å². The Morgan fingerprint density at radius 3 is 2.22 bits per heavy atom. The highest BCUT2D eigenvalue weighted by Gasteiger charge is 3.09. The molecule has 4 atom stereocenters. The van der Waals surface area contributed by atoms with Crippen LogP contribution in [0.4, 0.5) is 0 Å². The zero-order valence-corrected chi connectivity index (χ0v) is 11.6. The molecule has 6 saturated carbocycles. The van der Waals surface area contributed by atoms with Crippen LogP contribution < -0.4 is 5.32 Å². The number of carbonyl (C=O) groups excluding carboxylic acids is 1. The molecule has 18 heavy (non-hydrogen) atoms. The van der Waals surface area contributed by atoms with Gasteiger partial charge in [-0.05, 0) is 29.6 Å². The highest BCUT2D eigenvalue weighted by molar-refractivity contribution is 9.10. The molecule has 96 valence electrons. The second kappa shape index (κ2) is 2.21. The minimum Gasteiger partial charge on any atom is -0.350 e. The molecule has 2 bridgehead atoms. The van der Waals surface area contributed by atoms with E-state index in [1.54, 1.807) is 6.92 Å². The number of carbonyl (C=O) groups is 1. The van der Waals surface area contributed by atoms with Crippen LogP contribution in [0.25, 0.3) is 0 Å². The van der Waals surface area contributed by atoms with Gasteiger partial charge in [-0.2, -0.15) is 0 Å². The molecule has 1 amide bonds. The fraction of sp³-hybridized carbons (Fsp3) is 0.923. The number of ether oxygens (including phenoxy) is 2. The van der Waals surface area contributed by atoms with Crippen LogP contribution in [0.2, 0.25) is 0 Å². The van der Waals surface area contributed by atoms with Gasteiger partial charge >= 0.3 is 0 Å². The fourth-order valence-corrected chi connectivity index (χ4v) is 8.80. The van der Waals surface area contributed by atoms with E-state index in [-0.39, 0.29) is 21.6 Å². The van der Waals surface area contributed by atoms with Crippen molar-refractivity contribution < 1.29 is 14.3 Å². The van der Waals surface area contributed by atoms with Gasteiger partial charge in [0.1, 0.15) is 0 Å². The minimum absolute atomic E-state index is 0.0708. The lowest BCUT2D eigenvalue weighted by Crippen LogP contribution is -2.99. The third-order valence-electron chi connectivity index (χ3n) is 7.03. The molecule has 6 aliphatic carbocycles. The topological polar surface area (TPSA) is 47.6 Å². The van der Waals surface area contributed by atoms with Gasteiger partial charge in [0, 0.05) is 12.8 Å². The smallest absolute Gasteiger partial charge is 0.217 e. The van der Waals surface area contributed by atoms with Crippen LogP contribution in [0.5, 0.6) is 0 Å². The number of hydrogen-bond acceptors (Lipinski definition) is 3. The molecule has 1 spiro atoms. The van der Waals surface area contributed by atoms with Gasteiger partial charge in [-0.25, -0.2) is 0 Å². The second-order valence-corrected chi connectivity index (χ2v) is 8.21. The molecule has 7 fully saturated rings. The standard InChI is InChI=1S/C13H14BrNO3/c1-4(16)15-11-5-8-6(11)10-7(11)9(5)12(8,14)13(10)17-2-3-18-13/h5-10H,2-3H2,1H3,(H,15,16). The van der Waals surface area contributed by atoms with E-state index in [9.17, 15) is 4.79 Å². The van der Waals surface area contributed by atoms with Crippen molar-refractivity contribution in [1.29, 1.82) is 0 Å². The van der Waals surface area contributed by atoms with Gasteiger partial charge in [-0.3, -0.25) is 4.79 Å². The molecule has 1 N–H and O–H groups in total. The van der Waals surface area contributed by atoms with E-state index in [2.05, 4.69) is 21.2 Å². The number of halogens is 1. The van der Waals surface area contributed by atoms with Crippen molar-refractivity contribution in [3.05, 3.63) is 0 Å². The molecule has 0 radical (unpaired) electrons. The Morgan fingerprint density at radius 2 is 1.67 bits per heavy atom. The number of hydrogen-bond donors (Lipinski definition) is 1. The Kier molecular flexibility index (Phi) is 1.19. The maximum Gasteiger partial charge on any atom is 0.217 e. The Balaban J connectivity index is 1.49. The minimum atomic E-state index is -0.355. The Hall–Kier alpha value is -0.130. The molecule has 1 aliphatic heterocycles. The number of rotatable bonds is 1. The zero-order valence-electron chi connectivity index (χ0n) is 9.98. The molecule has 1 saturated heterocycles. The first-order valence-electron chi connectivity index (χ1n) is 6.86. The SMILES string of the molecule is CC(=O)NC12C3C4C1C1C2C3C1(Br)C41OCCO1. The van der Waals surface area contributed by atoms with Crippen LogP contribution in [0.15, 0.2) is 0 Å². The average molecular weight is 312 g/mol. The third kappa shape index (κ3) is 0.511. The van der Waals surface area contributed by atoms with Crippen LogP contribution in [-0.2, 0) is 14.3 Å². The molecule has 1 heterocycles. The van der Waals surface area contributed by atoms with Gasteiger partial charge in [0.2, 0.25) is 5.91 Å². The number of alkyl halides is 1. The molecular formula is C13H14BrNO3. The van der Waals surface area contributed by atoms with E-state index >= 15 is 0 Å². The van der Waals surface area contributed by atoms with Crippen molar-refractivity contribution in [3.8, 4) is 0 Å². The van der Waals surface area contributed by atoms with Gasteiger partial charge < -0.3 is 14.8 Å². The summed E-state index contributed by atoms with van der Waals surface area (Å²) in [7, 11) is 0. The molecule has 7 aliphatic rings. The van der Waals surface area contributed by atoms with Crippen molar-refractivity contribution >= 4 is 21.8 Å². The predicted molar refractivity (Wildman–Crippen MR) is 63.8 cm³/mol. The van der Waals surface area contributed by atoms with Crippen molar-refractivity contribution in [2.75, 3.05) is 13.2 Å². The normalized spacial score (nSPS) is 69.9. The molecule has 5 heteroatoms. The van der Waals surface area contributed by atoms with Crippen LogP contribution in [0, 0.1) is 35.5 Å². The lowest BCUT2D eigenvalue weighted by Gasteiger charge is -2.91. The molecule has 0 aromatic heterocycles. The lowest BCUT2D eigenvalue weighted by molar-refractivity contribution is -0.391. The second-order valence-electron chi connectivity index (χ2n) is 6.90. The summed E-state index contributed by atoms with van der Waals surface area (Å²) in [6, 6.07) is 0. The Labute approximate surface area is 113 Å². The lowest BCUT2D eigenvalue weighted by atomic mass is 9.16. The summed E-state index contributed by atoms with van der Waals surface area (Å²) in [5.41, 5.74) is 0.141. The van der Waals surface area contributed by atoms with E-state index in [1.165, 1.54) is 0 Å². The van der Waals surface area contributed by atoms with E-state index in [0.29, 0.717) is 35.5 Å². The largest absolute Gasteiger partial charge is 0.350 e. The van der Waals surface area contributed by atoms with Gasteiger partial charge in [-0.1, -0.05) is 15.9 Å². The Morgan fingerprint density at radius 1 is 1.11 bits per heavy atom. The summed E-state index contributed by atoms with van der Waals surface area (Å²) >= 11 is 4.00. The van der Waals surface area contributed by atoms with Gasteiger partial charge in [0.15, 0.2) is 5.79 Å². The summed E-state index contributed by atoms with van der Waals surface area (Å²) in [5.74, 6) is 3.51. The first kappa shape index (κ1) is 9.72. The number of amides is 1. The fourth-order valence-electron chi connectivity index (χ4n) is 7.17. The van der Waals surface area contributed by atoms with E-state index in [4.69, 9.17) is 9.47 Å². The highest BCUT2D eigenvalue weighted by atomic mass is 79.9. The van der Waals surface area contributed by atoms with Crippen LogP contribution in [0.3, 0.4) is 0 Å². The monoisotopic (exact) mass is 311 g/mol. The van der Waals surface area contributed by atoms with Crippen molar-refractivity contribution in [1.82, 2.24) is 5.32 Å². The van der Waals surface area contributed by atoms with E-state index in [0.717, 1.165) is 13.2 Å². The molecule has 7 rings (SSSR count). The highest BCUT2D eigenvalue weighted by Crippen LogP contribution is 3.01. The molecule has 0 aromatic carbocycles. The number of nitrogens with one attached hydrogen (secondary N) is 1. The first-order valence-corrected chi connectivity index (χ1v) is 7.65. The van der Waals surface area contributed by atoms with Gasteiger partial charge in [0.05, 0.1) is 23.1 Å². The molecule has 0 aromatic rings. The summed E-state index contributed by atoms with van der Waals surface area (Å²) in [6.07, 6.45) is 0. The molecule has 4 nitrogen and oxygen atoms in total. The summed E-state index contributed by atoms with van der Waals surface area (Å²) in [6.45, 7) is 3.08. The van der Waals surface area contributed by atoms with Crippen molar-refractivity contribution in [3.63, 3.8) is 0 Å². The van der Waals surface area contributed by atoms with Gasteiger partial charge in [0.25, 0.3) is 0 Å². The molecule has 4 unspecified atom stereocenters. The summed E-state index contributed by atoms with van der Waals surface area (Å²) in [4.78, 5) is 11.4. The van der Waals surface area contributed by atoms with Crippen LogP contribution >= 0.6 is 15.9 Å².